The highest BCUT2D eigenvalue weighted by Gasteiger charge is 2.17. The van der Waals surface area contributed by atoms with E-state index in [0.717, 1.165) is 65.5 Å². The lowest BCUT2D eigenvalue weighted by Gasteiger charge is -2.28. The van der Waals surface area contributed by atoms with Gasteiger partial charge in [-0.05, 0) is 30.7 Å². The maximum absolute atomic E-state index is 5.63. The topological polar surface area (TPSA) is 51.4 Å². The van der Waals surface area contributed by atoms with Crippen molar-refractivity contribution in [3.63, 3.8) is 0 Å². The Morgan fingerprint density at radius 2 is 1.64 bits per heavy atom. The fraction of sp³-hybridized carbons (Fsp3) is 0.217. The first-order valence-electron chi connectivity index (χ1n) is 9.55. The minimum atomic E-state index is 0.733. The number of hydrogen-bond acceptors (Lipinski definition) is 5. The SMILES string of the molecule is Cc1noc2c(-c3ccc(N4CCOCC4)cc3)cc(-c3ccccc3)nc12. The molecule has 0 bridgehead atoms. The second kappa shape index (κ2) is 7.09. The quantitative estimate of drug-likeness (QED) is 0.522. The van der Waals surface area contributed by atoms with E-state index in [2.05, 4.69) is 52.5 Å². The van der Waals surface area contributed by atoms with E-state index in [4.69, 9.17) is 14.2 Å². The van der Waals surface area contributed by atoms with Gasteiger partial charge in [-0.15, -0.1) is 0 Å². The lowest BCUT2D eigenvalue weighted by molar-refractivity contribution is 0.122. The van der Waals surface area contributed by atoms with Crippen LogP contribution in [0, 0.1) is 6.92 Å². The van der Waals surface area contributed by atoms with Gasteiger partial charge in [-0.25, -0.2) is 4.98 Å². The van der Waals surface area contributed by atoms with Crippen molar-refractivity contribution in [2.45, 2.75) is 6.92 Å². The van der Waals surface area contributed by atoms with Crippen LogP contribution in [0.3, 0.4) is 0 Å². The lowest BCUT2D eigenvalue weighted by atomic mass is 10.0. The summed E-state index contributed by atoms with van der Waals surface area (Å²) in [7, 11) is 0. The molecule has 5 rings (SSSR count). The Bertz CT molecular complexity index is 1100. The molecule has 0 N–H and O–H groups in total. The number of ether oxygens (including phenoxy) is 1. The zero-order valence-corrected chi connectivity index (χ0v) is 15.8. The summed E-state index contributed by atoms with van der Waals surface area (Å²) >= 11 is 0. The number of aromatic nitrogens is 2. The summed E-state index contributed by atoms with van der Waals surface area (Å²) < 4.78 is 11.1. The Kier molecular flexibility index (Phi) is 4.29. The molecule has 0 radical (unpaired) electrons. The van der Waals surface area contributed by atoms with Crippen molar-refractivity contribution in [1.29, 1.82) is 0 Å². The Labute approximate surface area is 163 Å². The van der Waals surface area contributed by atoms with Gasteiger partial charge in [-0.2, -0.15) is 0 Å². The van der Waals surface area contributed by atoms with Crippen LogP contribution in [-0.4, -0.2) is 36.4 Å². The van der Waals surface area contributed by atoms with E-state index in [1.165, 1.54) is 5.69 Å². The molecular formula is C23H21N3O2. The van der Waals surface area contributed by atoms with Crippen LogP contribution in [0.25, 0.3) is 33.5 Å². The molecule has 0 atom stereocenters. The van der Waals surface area contributed by atoms with Crippen molar-refractivity contribution in [2.75, 3.05) is 31.2 Å². The van der Waals surface area contributed by atoms with E-state index in [-0.39, 0.29) is 0 Å². The van der Waals surface area contributed by atoms with Gasteiger partial charge in [0.25, 0.3) is 0 Å². The summed E-state index contributed by atoms with van der Waals surface area (Å²) in [6.07, 6.45) is 0. The predicted octanol–water partition coefficient (Wildman–Crippen LogP) is 4.70. The highest BCUT2D eigenvalue weighted by Crippen LogP contribution is 2.34. The normalized spacial score (nSPS) is 14.5. The number of rotatable bonds is 3. The molecule has 5 nitrogen and oxygen atoms in total. The number of anilines is 1. The minimum Gasteiger partial charge on any atom is -0.378 e. The molecule has 4 aromatic rings. The molecule has 0 aliphatic carbocycles. The van der Waals surface area contributed by atoms with Crippen molar-refractivity contribution in [3.8, 4) is 22.4 Å². The van der Waals surface area contributed by atoms with Crippen LogP contribution < -0.4 is 4.90 Å². The summed E-state index contributed by atoms with van der Waals surface area (Å²) in [5.41, 5.74) is 7.68. The third-order valence-electron chi connectivity index (χ3n) is 5.21. The van der Waals surface area contributed by atoms with E-state index < -0.39 is 0 Å². The average Bonchev–Trinajstić information content (AvgIpc) is 3.15. The second-order valence-electron chi connectivity index (χ2n) is 7.01. The summed E-state index contributed by atoms with van der Waals surface area (Å²) in [6, 6.07) is 20.9. The fourth-order valence-corrected chi connectivity index (χ4v) is 3.67. The van der Waals surface area contributed by atoms with Crippen LogP contribution >= 0.6 is 0 Å². The van der Waals surface area contributed by atoms with Crippen LogP contribution in [0.1, 0.15) is 5.69 Å². The first-order valence-corrected chi connectivity index (χ1v) is 9.55. The number of benzene rings is 2. The average molecular weight is 371 g/mol. The highest BCUT2D eigenvalue weighted by molar-refractivity contribution is 5.93. The number of nitrogens with zero attached hydrogens (tertiary/aromatic N) is 3. The first kappa shape index (κ1) is 17.0. The zero-order chi connectivity index (χ0) is 18.9. The second-order valence-corrected chi connectivity index (χ2v) is 7.01. The van der Waals surface area contributed by atoms with Crippen molar-refractivity contribution in [2.24, 2.45) is 0 Å². The van der Waals surface area contributed by atoms with E-state index in [9.17, 15) is 0 Å². The van der Waals surface area contributed by atoms with E-state index in [1.807, 2.05) is 25.1 Å². The molecule has 140 valence electrons. The zero-order valence-electron chi connectivity index (χ0n) is 15.8. The monoisotopic (exact) mass is 371 g/mol. The molecule has 0 saturated carbocycles. The predicted molar refractivity (Wildman–Crippen MR) is 110 cm³/mol. The Balaban J connectivity index is 1.59. The standard InChI is InChI=1S/C23H21N3O2/c1-16-22-23(28-25-16)20(15-21(24-22)18-5-3-2-4-6-18)17-7-9-19(10-8-17)26-11-13-27-14-12-26/h2-10,15H,11-14H2,1H3. The number of fused-ring (bicyclic) bond motifs is 1. The molecule has 0 amide bonds. The van der Waals surface area contributed by atoms with Gasteiger partial charge >= 0.3 is 0 Å². The maximum Gasteiger partial charge on any atom is 0.193 e. The largest absolute Gasteiger partial charge is 0.378 e. The van der Waals surface area contributed by atoms with E-state index in [1.54, 1.807) is 0 Å². The molecule has 0 unspecified atom stereocenters. The smallest absolute Gasteiger partial charge is 0.193 e. The van der Waals surface area contributed by atoms with E-state index in [0.29, 0.717) is 0 Å². The molecule has 1 aliphatic heterocycles. The van der Waals surface area contributed by atoms with Crippen molar-refractivity contribution >= 4 is 16.8 Å². The van der Waals surface area contributed by atoms with Crippen LogP contribution in [0.15, 0.2) is 65.2 Å². The molecule has 1 fully saturated rings. The maximum atomic E-state index is 5.63. The fourth-order valence-electron chi connectivity index (χ4n) is 3.67. The van der Waals surface area contributed by atoms with Gasteiger partial charge in [0.2, 0.25) is 0 Å². The molecule has 1 saturated heterocycles. The molecule has 1 aliphatic rings. The van der Waals surface area contributed by atoms with Crippen LogP contribution in [0.2, 0.25) is 0 Å². The van der Waals surface area contributed by atoms with Crippen LogP contribution in [0.4, 0.5) is 5.69 Å². The van der Waals surface area contributed by atoms with Gasteiger partial charge < -0.3 is 14.2 Å². The van der Waals surface area contributed by atoms with Gasteiger partial charge in [0.1, 0.15) is 11.2 Å². The Morgan fingerprint density at radius 1 is 0.893 bits per heavy atom. The van der Waals surface area contributed by atoms with E-state index >= 15 is 0 Å². The number of hydrogen-bond donors (Lipinski definition) is 0. The molecule has 0 spiro atoms. The molecule has 2 aromatic heterocycles. The molecular weight excluding hydrogens is 350 g/mol. The van der Waals surface area contributed by atoms with Crippen molar-refractivity contribution in [3.05, 3.63) is 66.4 Å². The highest BCUT2D eigenvalue weighted by atomic mass is 16.5. The van der Waals surface area contributed by atoms with Gasteiger partial charge in [0.15, 0.2) is 5.58 Å². The molecule has 2 aromatic carbocycles. The van der Waals surface area contributed by atoms with Gasteiger partial charge in [-0.1, -0.05) is 47.6 Å². The lowest BCUT2D eigenvalue weighted by Crippen LogP contribution is -2.36. The van der Waals surface area contributed by atoms with Crippen molar-refractivity contribution < 1.29 is 9.26 Å². The molecule has 5 heteroatoms. The first-order chi connectivity index (χ1) is 13.8. The Hall–Kier alpha value is -3.18. The summed E-state index contributed by atoms with van der Waals surface area (Å²) in [6.45, 7) is 5.35. The summed E-state index contributed by atoms with van der Waals surface area (Å²) in [5.74, 6) is 0. The molecule has 28 heavy (non-hydrogen) atoms. The summed E-state index contributed by atoms with van der Waals surface area (Å²) in [5, 5.41) is 4.15. The molecule has 3 heterocycles. The van der Waals surface area contributed by atoms with Crippen LogP contribution in [0.5, 0.6) is 0 Å². The third-order valence-corrected chi connectivity index (χ3v) is 5.21. The Morgan fingerprint density at radius 3 is 2.39 bits per heavy atom. The number of pyridine rings is 1. The van der Waals surface area contributed by atoms with Gasteiger partial charge in [0, 0.05) is 29.9 Å². The minimum absolute atomic E-state index is 0.733. The van der Waals surface area contributed by atoms with Gasteiger partial charge in [0.05, 0.1) is 18.9 Å². The number of aryl methyl sites for hydroxylation is 1. The van der Waals surface area contributed by atoms with Crippen molar-refractivity contribution in [1.82, 2.24) is 10.1 Å². The third kappa shape index (κ3) is 3.04. The van der Waals surface area contributed by atoms with Crippen LogP contribution in [-0.2, 0) is 4.74 Å². The summed E-state index contributed by atoms with van der Waals surface area (Å²) in [4.78, 5) is 7.15. The van der Waals surface area contributed by atoms with Gasteiger partial charge in [-0.3, -0.25) is 0 Å². The number of morpholine rings is 1.